The number of aliphatic hydroxyl groups is 1. The maximum Gasteiger partial charge on any atom is 0.123 e. The molecular formula is C9H10ClNO2. The molecule has 1 aliphatic heterocycles. The minimum Gasteiger partial charge on any atom is -0.508 e. The number of hydrogen-bond donors (Lipinski definition) is 3. The van der Waals surface area contributed by atoms with Crippen molar-refractivity contribution in [2.75, 3.05) is 13.1 Å². The summed E-state index contributed by atoms with van der Waals surface area (Å²) in [5, 5.41) is 22.8. The summed E-state index contributed by atoms with van der Waals surface area (Å²) in [6, 6.07) is 4.83. The van der Waals surface area contributed by atoms with Crippen LogP contribution in [0.5, 0.6) is 5.75 Å². The predicted molar refractivity (Wildman–Crippen MR) is 49.9 cm³/mol. The smallest absolute Gasteiger partial charge is 0.123 e. The van der Waals surface area contributed by atoms with E-state index in [0.29, 0.717) is 23.7 Å². The maximum atomic E-state index is 9.94. The van der Waals surface area contributed by atoms with Gasteiger partial charge in [0.1, 0.15) is 11.4 Å². The van der Waals surface area contributed by atoms with Crippen molar-refractivity contribution in [2.45, 2.75) is 5.60 Å². The Hall–Kier alpha value is -0.770. The van der Waals surface area contributed by atoms with Gasteiger partial charge in [-0.2, -0.15) is 0 Å². The van der Waals surface area contributed by atoms with Crippen LogP contribution in [0.25, 0.3) is 0 Å². The average Bonchev–Trinajstić information content (AvgIpc) is 2.01. The topological polar surface area (TPSA) is 52.5 Å². The Bertz CT molecular complexity index is 316. The van der Waals surface area contributed by atoms with Gasteiger partial charge in [0.25, 0.3) is 0 Å². The van der Waals surface area contributed by atoms with Crippen molar-refractivity contribution in [1.29, 1.82) is 0 Å². The van der Waals surface area contributed by atoms with E-state index in [2.05, 4.69) is 5.32 Å². The monoisotopic (exact) mass is 199 g/mol. The Morgan fingerprint density at radius 2 is 2.08 bits per heavy atom. The van der Waals surface area contributed by atoms with Crippen LogP contribution < -0.4 is 5.32 Å². The number of halogens is 1. The highest BCUT2D eigenvalue weighted by Gasteiger charge is 2.39. The third kappa shape index (κ3) is 1.29. The number of rotatable bonds is 1. The largest absolute Gasteiger partial charge is 0.508 e. The lowest BCUT2D eigenvalue weighted by Gasteiger charge is -2.38. The molecule has 3 nitrogen and oxygen atoms in total. The molecule has 3 N–H and O–H groups in total. The fraction of sp³-hybridized carbons (Fsp3) is 0.333. The van der Waals surface area contributed by atoms with E-state index in [4.69, 9.17) is 11.6 Å². The van der Waals surface area contributed by atoms with E-state index in [1.54, 1.807) is 12.1 Å². The molecule has 0 spiro atoms. The normalized spacial score (nSPS) is 19.5. The summed E-state index contributed by atoms with van der Waals surface area (Å²) >= 11 is 5.88. The third-order valence-corrected chi connectivity index (χ3v) is 2.61. The molecule has 0 aliphatic carbocycles. The number of phenolic OH excluding ortho intramolecular Hbond substituents is 1. The molecule has 1 fully saturated rings. The van der Waals surface area contributed by atoms with Gasteiger partial charge in [-0.25, -0.2) is 0 Å². The van der Waals surface area contributed by atoms with E-state index in [-0.39, 0.29) is 5.75 Å². The van der Waals surface area contributed by atoms with Crippen LogP contribution in [-0.4, -0.2) is 23.3 Å². The van der Waals surface area contributed by atoms with E-state index in [9.17, 15) is 10.2 Å². The van der Waals surface area contributed by atoms with Gasteiger partial charge in [-0.3, -0.25) is 0 Å². The lowest BCUT2D eigenvalue weighted by molar-refractivity contribution is -0.0163. The molecule has 4 heteroatoms. The van der Waals surface area contributed by atoms with Crippen molar-refractivity contribution in [2.24, 2.45) is 0 Å². The summed E-state index contributed by atoms with van der Waals surface area (Å²) < 4.78 is 0. The molecule has 0 amide bonds. The number of phenols is 1. The van der Waals surface area contributed by atoms with Gasteiger partial charge in [-0.15, -0.1) is 0 Å². The van der Waals surface area contributed by atoms with Gasteiger partial charge in [-0.1, -0.05) is 17.7 Å². The van der Waals surface area contributed by atoms with Crippen LogP contribution in [0.1, 0.15) is 5.56 Å². The van der Waals surface area contributed by atoms with Crippen LogP contribution in [0, 0.1) is 0 Å². The highest BCUT2D eigenvalue weighted by atomic mass is 35.5. The summed E-state index contributed by atoms with van der Waals surface area (Å²) in [5.41, 5.74) is -0.571. The van der Waals surface area contributed by atoms with Gasteiger partial charge in [0.15, 0.2) is 0 Å². The van der Waals surface area contributed by atoms with E-state index in [1.165, 1.54) is 6.07 Å². The molecule has 1 aromatic carbocycles. The molecule has 70 valence electrons. The van der Waals surface area contributed by atoms with Crippen molar-refractivity contribution in [3.8, 4) is 5.75 Å². The molecule has 1 aliphatic rings. The number of benzene rings is 1. The maximum absolute atomic E-state index is 9.94. The molecule has 0 atom stereocenters. The van der Waals surface area contributed by atoms with Crippen molar-refractivity contribution in [1.82, 2.24) is 5.32 Å². The molecule has 1 saturated heterocycles. The summed E-state index contributed by atoms with van der Waals surface area (Å²) in [6.45, 7) is 0.870. The van der Waals surface area contributed by atoms with Crippen LogP contribution in [0.3, 0.4) is 0 Å². The van der Waals surface area contributed by atoms with Crippen LogP contribution in [-0.2, 0) is 5.60 Å². The highest BCUT2D eigenvalue weighted by molar-refractivity contribution is 6.31. The second-order valence-electron chi connectivity index (χ2n) is 3.27. The second-order valence-corrected chi connectivity index (χ2v) is 3.68. The number of aromatic hydroxyl groups is 1. The van der Waals surface area contributed by atoms with Gasteiger partial charge < -0.3 is 15.5 Å². The Kier molecular flexibility index (Phi) is 1.95. The molecule has 1 aromatic rings. The first-order chi connectivity index (χ1) is 6.13. The molecular weight excluding hydrogens is 190 g/mol. The molecule has 0 unspecified atom stereocenters. The SMILES string of the molecule is Oc1cccc(Cl)c1C1(O)CNC1. The minimum atomic E-state index is -0.998. The zero-order valence-corrected chi connectivity index (χ0v) is 7.67. The van der Waals surface area contributed by atoms with E-state index >= 15 is 0 Å². The van der Waals surface area contributed by atoms with Gasteiger partial charge in [-0.05, 0) is 12.1 Å². The molecule has 2 rings (SSSR count). The number of β-amino-alcohol motifs (C(OH)–C–C–N with tert-alkyl or cyclic N) is 1. The fourth-order valence-electron chi connectivity index (χ4n) is 1.51. The first-order valence-electron chi connectivity index (χ1n) is 4.04. The van der Waals surface area contributed by atoms with Crippen LogP contribution in [0.2, 0.25) is 5.02 Å². The van der Waals surface area contributed by atoms with Crippen LogP contribution in [0.15, 0.2) is 18.2 Å². The molecule has 0 bridgehead atoms. The van der Waals surface area contributed by atoms with Crippen molar-refractivity contribution < 1.29 is 10.2 Å². The highest BCUT2D eigenvalue weighted by Crippen LogP contribution is 2.37. The zero-order valence-electron chi connectivity index (χ0n) is 6.92. The van der Waals surface area contributed by atoms with E-state index in [0.717, 1.165) is 0 Å². The van der Waals surface area contributed by atoms with Crippen LogP contribution >= 0.6 is 11.6 Å². The van der Waals surface area contributed by atoms with Gasteiger partial charge in [0.2, 0.25) is 0 Å². The average molecular weight is 200 g/mol. The van der Waals surface area contributed by atoms with Crippen molar-refractivity contribution in [3.63, 3.8) is 0 Å². The first kappa shape index (κ1) is 8.81. The number of nitrogens with one attached hydrogen (secondary N) is 1. The quantitative estimate of drug-likeness (QED) is 0.628. The molecule has 13 heavy (non-hydrogen) atoms. The molecule has 0 aromatic heterocycles. The Morgan fingerprint density at radius 3 is 2.54 bits per heavy atom. The Morgan fingerprint density at radius 1 is 1.38 bits per heavy atom. The third-order valence-electron chi connectivity index (χ3n) is 2.29. The van der Waals surface area contributed by atoms with Crippen molar-refractivity contribution in [3.05, 3.63) is 28.8 Å². The van der Waals surface area contributed by atoms with E-state index < -0.39 is 5.60 Å². The standard InChI is InChI=1S/C9H10ClNO2/c10-6-2-1-3-7(12)8(6)9(13)4-11-5-9/h1-3,11-13H,4-5H2. The summed E-state index contributed by atoms with van der Waals surface area (Å²) in [7, 11) is 0. The molecule has 0 radical (unpaired) electrons. The Balaban J connectivity index is 2.49. The lowest BCUT2D eigenvalue weighted by Crippen LogP contribution is -2.56. The Labute approximate surface area is 81.0 Å². The minimum absolute atomic E-state index is 0.0523. The van der Waals surface area contributed by atoms with Gasteiger partial charge >= 0.3 is 0 Å². The number of hydrogen-bond acceptors (Lipinski definition) is 3. The second kappa shape index (κ2) is 2.87. The van der Waals surface area contributed by atoms with Crippen molar-refractivity contribution >= 4 is 11.6 Å². The molecule has 1 heterocycles. The first-order valence-corrected chi connectivity index (χ1v) is 4.42. The summed E-state index contributed by atoms with van der Waals surface area (Å²) in [6.07, 6.45) is 0. The summed E-state index contributed by atoms with van der Waals surface area (Å²) in [5.74, 6) is 0.0523. The zero-order chi connectivity index (χ0) is 9.47. The predicted octanol–water partition coefficient (Wildman–Crippen LogP) is 0.836. The summed E-state index contributed by atoms with van der Waals surface area (Å²) in [4.78, 5) is 0. The van der Waals surface area contributed by atoms with Crippen LogP contribution in [0.4, 0.5) is 0 Å². The van der Waals surface area contributed by atoms with Gasteiger partial charge in [0, 0.05) is 18.7 Å². The van der Waals surface area contributed by atoms with Gasteiger partial charge in [0.05, 0.1) is 5.02 Å². The van der Waals surface area contributed by atoms with E-state index in [1.807, 2.05) is 0 Å². The molecule has 0 saturated carbocycles. The lowest BCUT2D eigenvalue weighted by atomic mass is 9.87. The fourth-order valence-corrected chi connectivity index (χ4v) is 1.86.